The second-order valence-corrected chi connectivity index (χ2v) is 5.63. The highest BCUT2D eigenvalue weighted by Gasteiger charge is 2.39. The fourth-order valence-electron chi connectivity index (χ4n) is 2.13. The zero-order chi connectivity index (χ0) is 13.1. The molecule has 1 fully saturated rings. The first-order valence-corrected chi connectivity index (χ1v) is 6.44. The quantitative estimate of drug-likeness (QED) is 0.682. The van der Waals surface area contributed by atoms with E-state index in [0.29, 0.717) is 12.0 Å². The zero-order valence-corrected chi connectivity index (χ0v) is 11.7. The van der Waals surface area contributed by atoms with E-state index in [1.807, 2.05) is 14.0 Å². The molecule has 17 heavy (non-hydrogen) atoms. The summed E-state index contributed by atoms with van der Waals surface area (Å²) in [5, 5.41) is 3.10. The molecule has 0 aliphatic heterocycles. The Balaban J connectivity index is 2.65. The number of hydrogen-bond donors (Lipinski definition) is 1. The molecule has 1 aliphatic rings. The van der Waals surface area contributed by atoms with Gasteiger partial charge in [-0.2, -0.15) is 0 Å². The van der Waals surface area contributed by atoms with Gasteiger partial charge in [0.2, 0.25) is 0 Å². The van der Waals surface area contributed by atoms with Crippen LogP contribution < -0.4 is 5.32 Å². The molecular formula is C13H26N2O2. The van der Waals surface area contributed by atoms with Crippen LogP contribution in [0.1, 0.15) is 33.6 Å². The van der Waals surface area contributed by atoms with Gasteiger partial charge in [-0.15, -0.1) is 0 Å². The third-order valence-corrected chi connectivity index (χ3v) is 3.37. The van der Waals surface area contributed by atoms with Crippen LogP contribution in [0, 0.1) is 5.92 Å². The predicted octanol–water partition coefficient (Wildman–Crippen LogP) is 1.26. The van der Waals surface area contributed by atoms with Crippen LogP contribution in [0.3, 0.4) is 0 Å². The maximum absolute atomic E-state index is 11.8. The van der Waals surface area contributed by atoms with E-state index in [1.54, 1.807) is 0 Å². The minimum atomic E-state index is -0.605. The molecule has 1 atom stereocenters. The van der Waals surface area contributed by atoms with E-state index < -0.39 is 5.54 Å². The van der Waals surface area contributed by atoms with Crippen LogP contribution >= 0.6 is 0 Å². The minimum Gasteiger partial charge on any atom is -0.468 e. The summed E-state index contributed by atoms with van der Waals surface area (Å²) in [5.41, 5.74) is -0.605. The third-order valence-electron chi connectivity index (χ3n) is 3.37. The van der Waals surface area contributed by atoms with E-state index in [4.69, 9.17) is 4.74 Å². The Bertz CT molecular complexity index is 264. The third kappa shape index (κ3) is 3.96. The summed E-state index contributed by atoms with van der Waals surface area (Å²) >= 11 is 0. The Morgan fingerprint density at radius 3 is 2.47 bits per heavy atom. The average molecular weight is 242 g/mol. The lowest BCUT2D eigenvalue weighted by Gasteiger charge is -2.34. The highest BCUT2D eigenvalue weighted by Crippen LogP contribution is 2.29. The minimum absolute atomic E-state index is 0.186. The molecule has 1 N–H and O–H groups in total. The van der Waals surface area contributed by atoms with Gasteiger partial charge < -0.3 is 10.1 Å². The molecule has 1 rings (SSSR count). The van der Waals surface area contributed by atoms with Crippen molar-refractivity contribution in [3.63, 3.8) is 0 Å². The largest absolute Gasteiger partial charge is 0.468 e. The Kier molecular flexibility index (Phi) is 4.95. The zero-order valence-electron chi connectivity index (χ0n) is 11.7. The molecule has 1 saturated carbocycles. The summed E-state index contributed by atoms with van der Waals surface area (Å²) in [5.74, 6) is 0.434. The number of hydrogen-bond acceptors (Lipinski definition) is 4. The first-order chi connectivity index (χ1) is 7.92. The van der Waals surface area contributed by atoms with Crippen molar-refractivity contribution in [3.8, 4) is 0 Å². The van der Waals surface area contributed by atoms with Gasteiger partial charge in [-0.3, -0.25) is 9.69 Å². The van der Waals surface area contributed by atoms with Crippen LogP contribution in [0.4, 0.5) is 0 Å². The molecule has 100 valence electrons. The molecule has 0 aromatic heterocycles. The number of ether oxygens (including phenoxy) is 1. The highest BCUT2D eigenvalue weighted by molar-refractivity contribution is 5.80. The molecule has 4 heteroatoms. The summed E-state index contributed by atoms with van der Waals surface area (Å²) in [7, 11) is 3.26. The van der Waals surface area contributed by atoms with Crippen LogP contribution in [0.5, 0.6) is 0 Å². The van der Waals surface area contributed by atoms with Gasteiger partial charge in [0.25, 0.3) is 0 Å². The van der Waals surface area contributed by atoms with Gasteiger partial charge in [0.05, 0.1) is 7.11 Å². The number of nitrogens with zero attached hydrogens (tertiary/aromatic N) is 1. The van der Waals surface area contributed by atoms with Gasteiger partial charge in [-0.05, 0) is 32.7 Å². The summed E-state index contributed by atoms with van der Waals surface area (Å²) in [6.07, 6.45) is 2.52. The van der Waals surface area contributed by atoms with Crippen LogP contribution in [0.2, 0.25) is 0 Å². The van der Waals surface area contributed by atoms with Crippen molar-refractivity contribution in [3.05, 3.63) is 0 Å². The molecule has 1 aliphatic carbocycles. The van der Waals surface area contributed by atoms with Crippen LogP contribution in [0.15, 0.2) is 0 Å². The van der Waals surface area contributed by atoms with Crippen LogP contribution in [-0.2, 0) is 9.53 Å². The van der Waals surface area contributed by atoms with E-state index in [1.165, 1.54) is 20.0 Å². The second-order valence-electron chi connectivity index (χ2n) is 5.63. The number of esters is 1. The molecule has 0 spiro atoms. The first-order valence-electron chi connectivity index (χ1n) is 6.44. The van der Waals surface area contributed by atoms with E-state index in [0.717, 1.165) is 13.1 Å². The standard InChI is InChI=1S/C13H26N2O2/c1-10(2)8-15(11-6-7-11)9-13(3,14-4)12(16)17-5/h10-11,14H,6-9H2,1-5H3. The monoisotopic (exact) mass is 242 g/mol. The molecule has 0 heterocycles. The van der Waals surface area contributed by atoms with Crippen molar-refractivity contribution >= 4 is 5.97 Å². The van der Waals surface area contributed by atoms with E-state index in [2.05, 4.69) is 24.1 Å². The summed E-state index contributed by atoms with van der Waals surface area (Å²) in [6, 6.07) is 0.662. The lowest BCUT2D eigenvalue weighted by Crippen LogP contribution is -2.57. The molecule has 0 aromatic rings. The fourth-order valence-corrected chi connectivity index (χ4v) is 2.13. The first kappa shape index (κ1) is 14.5. The van der Waals surface area contributed by atoms with Gasteiger partial charge >= 0.3 is 5.97 Å². The molecule has 0 saturated heterocycles. The van der Waals surface area contributed by atoms with Gasteiger partial charge in [0.1, 0.15) is 5.54 Å². The summed E-state index contributed by atoms with van der Waals surface area (Å²) in [6.45, 7) is 8.10. The Morgan fingerprint density at radius 2 is 2.12 bits per heavy atom. The van der Waals surface area contributed by atoms with Crippen molar-refractivity contribution < 1.29 is 9.53 Å². The van der Waals surface area contributed by atoms with Crippen molar-refractivity contribution in [1.82, 2.24) is 10.2 Å². The summed E-state index contributed by atoms with van der Waals surface area (Å²) < 4.78 is 4.88. The van der Waals surface area contributed by atoms with E-state index >= 15 is 0 Å². The van der Waals surface area contributed by atoms with Gasteiger partial charge in [-0.25, -0.2) is 0 Å². The number of likely N-dealkylation sites (N-methyl/N-ethyl adjacent to an activating group) is 1. The molecule has 0 amide bonds. The van der Waals surface area contributed by atoms with Crippen LogP contribution in [0.25, 0.3) is 0 Å². The maximum Gasteiger partial charge on any atom is 0.327 e. The Hall–Kier alpha value is -0.610. The lowest BCUT2D eigenvalue weighted by atomic mass is 10.0. The van der Waals surface area contributed by atoms with E-state index in [9.17, 15) is 4.79 Å². The van der Waals surface area contributed by atoms with Crippen LogP contribution in [-0.4, -0.2) is 49.7 Å². The molecule has 0 aromatic carbocycles. The van der Waals surface area contributed by atoms with Crippen molar-refractivity contribution in [2.45, 2.75) is 45.2 Å². The Labute approximate surface area is 105 Å². The normalized spacial score (nSPS) is 19.5. The second kappa shape index (κ2) is 5.83. The smallest absolute Gasteiger partial charge is 0.327 e. The number of rotatable bonds is 7. The number of methoxy groups -OCH3 is 1. The van der Waals surface area contributed by atoms with E-state index in [-0.39, 0.29) is 5.97 Å². The molecule has 0 radical (unpaired) electrons. The maximum atomic E-state index is 11.8. The topological polar surface area (TPSA) is 41.6 Å². The van der Waals surface area contributed by atoms with Gasteiger partial charge in [0.15, 0.2) is 0 Å². The van der Waals surface area contributed by atoms with Crippen molar-refractivity contribution in [2.24, 2.45) is 5.92 Å². The van der Waals surface area contributed by atoms with Crippen molar-refractivity contribution in [1.29, 1.82) is 0 Å². The number of nitrogens with one attached hydrogen (secondary N) is 1. The lowest BCUT2D eigenvalue weighted by molar-refractivity contribution is -0.148. The Morgan fingerprint density at radius 1 is 1.53 bits per heavy atom. The molecule has 4 nitrogen and oxygen atoms in total. The summed E-state index contributed by atoms with van der Waals surface area (Å²) in [4.78, 5) is 14.2. The number of carbonyl (C=O) groups is 1. The molecule has 0 bridgehead atoms. The highest BCUT2D eigenvalue weighted by atomic mass is 16.5. The SMILES string of the molecule is CNC(C)(CN(CC(C)C)C1CC1)C(=O)OC. The molecule has 1 unspecified atom stereocenters. The number of carbonyl (C=O) groups excluding carboxylic acids is 1. The molecular weight excluding hydrogens is 216 g/mol. The van der Waals surface area contributed by atoms with Crippen molar-refractivity contribution in [2.75, 3.05) is 27.2 Å². The fraction of sp³-hybridized carbons (Fsp3) is 0.923. The van der Waals surface area contributed by atoms with Gasteiger partial charge in [0, 0.05) is 19.1 Å². The average Bonchev–Trinajstić information content (AvgIpc) is 3.10. The predicted molar refractivity (Wildman–Crippen MR) is 68.9 cm³/mol. The van der Waals surface area contributed by atoms with Gasteiger partial charge in [-0.1, -0.05) is 13.8 Å².